The molecule has 1 aromatic heterocycles. The minimum absolute atomic E-state index is 0.378. The molecule has 3 aromatic rings. The van der Waals surface area contributed by atoms with Crippen LogP contribution in [-0.2, 0) is 6.54 Å². The fourth-order valence-corrected chi connectivity index (χ4v) is 4.28. The van der Waals surface area contributed by atoms with E-state index < -0.39 is 0 Å². The molecule has 4 heteroatoms. The normalized spacial score (nSPS) is 17.6. The van der Waals surface area contributed by atoms with Crippen LogP contribution in [0.15, 0.2) is 60.7 Å². The van der Waals surface area contributed by atoms with E-state index >= 15 is 0 Å². The summed E-state index contributed by atoms with van der Waals surface area (Å²) in [5.41, 5.74) is 3.61. The Balaban J connectivity index is 1.46. The van der Waals surface area contributed by atoms with E-state index in [4.69, 9.17) is 0 Å². The van der Waals surface area contributed by atoms with Gasteiger partial charge >= 0.3 is 0 Å². The predicted molar refractivity (Wildman–Crippen MR) is 113 cm³/mol. The average Bonchev–Trinajstić information content (AvgIpc) is 2.97. The zero-order valence-electron chi connectivity index (χ0n) is 16.1. The lowest BCUT2D eigenvalue weighted by Crippen LogP contribution is -2.49. The summed E-state index contributed by atoms with van der Waals surface area (Å²) >= 11 is 0. The predicted octanol–water partition coefficient (Wildman–Crippen LogP) is 3.35. The number of β-amino-alcohol motifs (C(OH)–C–C–N with tert-alkyl or cyclic N) is 1. The third kappa shape index (κ3) is 3.93. The molecule has 0 spiro atoms. The minimum atomic E-state index is -0.378. The Morgan fingerprint density at radius 3 is 1.96 bits per heavy atom. The quantitative estimate of drug-likeness (QED) is 0.682. The van der Waals surface area contributed by atoms with Crippen LogP contribution in [0, 0.1) is 0 Å². The van der Waals surface area contributed by atoms with E-state index in [0.717, 1.165) is 39.3 Å². The molecule has 1 atom stereocenters. The number of aliphatic hydroxyl groups excluding tert-OH is 1. The van der Waals surface area contributed by atoms with Crippen molar-refractivity contribution >= 4 is 21.8 Å². The van der Waals surface area contributed by atoms with E-state index in [1.807, 2.05) is 0 Å². The van der Waals surface area contributed by atoms with Gasteiger partial charge in [-0.2, -0.15) is 0 Å². The number of fused-ring (bicyclic) bond motifs is 3. The van der Waals surface area contributed by atoms with Crippen molar-refractivity contribution in [3.63, 3.8) is 0 Å². The number of nitrogens with zero attached hydrogens (tertiary/aromatic N) is 3. The maximum atomic E-state index is 10.8. The molecule has 4 nitrogen and oxygen atoms in total. The van der Waals surface area contributed by atoms with Gasteiger partial charge in [-0.05, 0) is 19.1 Å². The van der Waals surface area contributed by atoms with E-state index in [1.54, 1.807) is 0 Å². The number of benzene rings is 2. The van der Waals surface area contributed by atoms with Gasteiger partial charge in [0.1, 0.15) is 0 Å². The lowest BCUT2D eigenvalue weighted by Gasteiger charge is -2.35. The molecule has 1 aliphatic rings. The number of piperazine rings is 1. The standard InChI is InChI=1S/C23H29N3O/c1-18(2)15-24-11-13-25(14-12-24)16-19(27)17-26-22-9-5-3-7-20(22)21-8-4-6-10-23(21)26/h3-10,19,27H,1,11-17H2,2H3. The van der Waals surface area contributed by atoms with Gasteiger partial charge in [0.05, 0.1) is 12.6 Å². The van der Waals surface area contributed by atoms with Crippen LogP contribution in [0.4, 0.5) is 0 Å². The molecular weight excluding hydrogens is 334 g/mol. The second-order valence-corrected chi connectivity index (χ2v) is 7.83. The molecular formula is C23H29N3O. The molecule has 4 rings (SSSR count). The van der Waals surface area contributed by atoms with Crippen LogP contribution >= 0.6 is 0 Å². The lowest BCUT2D eigenvalue weighted by atomic mass is 10.2. The van der Waals surface area contributed by atoms with Gasteiger partial charge in [-0.1, -0.05) is 48.6 Å². The van der Waals surface area contributed by atoms with E-state index in [9.17, 15) is 5.11 Å². The van der Waals surface area contributed by atoms with E-state index in [0.29, 0.717) is 6.54 Å². The van der Waals surface area contributed by atoms with Gasteiger partial charge in [0.2, 0.25) is 0 Å². The molecule has 0 saturated carbocycles. The number of hydrogen-bond donors (Lipinski definition) is 1. The summed E-state index contributed by atoms with van der Waals surface area (Å²) in [5.74, 6) is 0. The molecule has 1 saturated heterocycles. The fraction of sp³-hybridized carbons (Fsp3) is 0.391. The molecule has 0 bridgehead atoms. The van der Waals surface area contributed by atoms with Crippen LogP contribution in [-0.4, -0.2) is 64.8 Å². The topological polar surface area (TPSA) is 31.6 Å². The molecule has 0 aliphatic carbocycles. The Hall–Kier alpha value is -2.14. The fourth-order valence-electron chi connectivity index (χ4n) is 4.28. The van der Waals surface area contributed by atoms with Crippen LogP contribution in [0.1, 0.15) is 6.92 Å². The maximum Gasteiger partial charge on any atom is 0.0845 e. The van der Waals surface area contributed by atoms with Gasteiger partial charge in [0, 0.05) is 61.1 Å². The number of rotatable bonds is 6. The van der Waals surface area contributed by atoms with Gasteiger partial charge in [-0.25, -0.2) is 0 Å². The zero-order valence-corrected chi connectivity index (χ0v) is 16.1. The molecule has 2 aromatic carbocycles. The molecule has 0 radical (unpaired) electrons. The number of para-hydroxylation sites is 2. The van der Waals surface area contributed by atoms with Crippen LogP contribution in [0.2, 0.25) is 0 Å². The van der Waals surface area contributed by atoms with Crippen molar-refractivity contribution in [2.75, 3.05) is 39.3 Å². The van der Waals surface area contributed by atoms with Crippen molar-refractivity contribution in [1.29, 1.82) is 0 Å². The zero-order chi connectivity index (χ0) is 18.8. The molecule has 2 heterocycles. The number of aliphatic hydroxyl groups is 1. The van der Waals surface area contributed by atoms with Gasteiger partial charge in [-0.3, -0.25) is 9.80 Å². The van der Waals surface area contributed by atoms with Crippen LogP contribution in [0.25, 0.3) is 21.8 Å². The van der Waals surface area contributed by atoms with E-state index in [1.165, 1.54) is 27.4 Å². The first kappa shape index (κ1) is 18.2. The Kier molecular flexibility index (Phi) is 5.30. The second kappa shape index (κ2) is 7.85. The van der Waals surface area contributed by atoms with Crippen LogP contribution < -0.4 is 0 Å². The Morgan fingerprint density at radius 2 is 1.41 bits per heavy atom. The van der Waals surface area contributed by atoms with Crippen molar-refractivity contribution in [1.82, 2.24) is 14.4 Å². The first-order chi connectivity index (χ1) is 13.1. The molecule has 1 fully saturated rings. The molecule has 27 heavy (non-hydrogen) atoms. The average molecular weight is 364 g/mol. The molecule has 1 aliphatic heterocycles. The summed E-state index contributed by atoms with van der Waals surface area (Å²) in [6, 6.07) is 17.0. The van der Waals surface area contributed by atoms with Gasteiger partial charge in [0.15, 0.2) is 0 Å². The smallest absolute Gasteiger partial charge is 0.0845 e. The lowest BCUT2D eigenvalue weighted by molar-refractivity contribution is 0.0681. The first-order valence-electron chi connectivity index (χ1n) is 9.85. The van der Waals surface area contributed by atoms with Crippen molar-refractivity contribution < 1.29 is 5.11 Å². The maximum absolute atomic E-state index is 10.8. The highest BCUT2D eigenvalue weighted by Gasteiger charge is 2.20. The van der Waals surface area contributed by atoms with Gasteiger partial charge in [-0.15, -0.1) is 0 Å². The SMILES string of the molecule is C=C(C)CN1CCN(CC(O)Cn2c3ccccc3c3ccccc32)CC1. The monoisotopic (exact) mass is 363 g/mol. The highest BCUT2D eigenvalue weighted by Crippen LogP contribution is 2.28. The van der Waals surface area contributed by atoms with E-state index in [2.05, 4.69) is 76.4 Å². The van der Waals surface area contributed by atoms with Crippen LogP contribution in [0.3, 0.4) is 0 Å². The summed E-state index contributed by atoms with van der Waals surface area (Å²) in [5, 5.41) is 13.3. The van der Waals surface area contributed by atoms with Gasteiger partial charge < -0.3 is 9.67 Å². The third-order valence-corrected chi connectivity index (χ3v) is 5.50. The minimum Gasteiger partial charge on any atom is -0.390 e. The summed E-state index contributed by atoms with van der Waals surface area (Å²) in [7, 11) is 0. The Labute approximate surface area is 161 Å². The van der Waals surface area contributed by atoms with Crippen molar-refractivity contribution in [3.05, 3.63) is 60.7 Å². The number of aromatic nitrogens is 1. The molecule has 142 valence electrons. The summed E-state index contributed by atoms with van der Waals surface area (Å²) in [6.07, 6.45) is -0.378. The summed E-state index contributed by atoms with van der Waals surface area (Å²) in [4.78, 5) is 4.83. The van der Waals surface area contributed by atoms with Crippen LogP contribution in [0.5, 0.6) is 0 Å². The van der Waals surface area contributed by atoms with Crippen molar-refractivity contribution in [2.24, 2.45) is 0 Å². The molecule has 0 amide bonds. The second-order valence-electron chi connectivity index (χ2n) is 7.83. The highest BCUT2D eigenvalue weighted by molar-refractivity contribution is 6.07. The Bertz CT molecular complexity index is 884. The largest absolute Gasteiger partial charge is 0.390 e. The number of hydrogen-bond acceptors (Lipinski definition) is 3. The Morgan fingerprint density at radius 1 is 0.889 bits per heavy atom. The summed E-state index contributed by atoms with van der Waals surface area (Å²) in [6.45, 7) is 12.6. The summed E-state index contributed by atoms with van der Waals surface area (Å²) < 4.78 is 2.27. The molecule has 1 N–H and O–H groups in total. The first-order valence-corrected chi connectivity index (χ1v) is 9.85. The molecule has 1 unspecified atom stereocenters. The van der Waals surface area contributed by atoms with E-state index in [-0.39, 0.29) is 6.10 Å². The van der Waals surface area contributed by atoms with Crippen molar-refractivity contribution in [3.8, 4) is 0 Å². The highest BCUT2D eigenvalue weighted by atomic mass is 16.3. The van der Waals surface area contributed by atoms with Crippen molar-refractivity contribution in [2.45, 2.75) is 19.6 Å². The van der Waals surface area contributed by atoms with Gasteiger partial charge in [0.25, 0.3) is 0 Å². The third-order valence-electron chi connectivity index (χ3n) is 5.50.